The molecule has 2 heterocycles. The number of aromatic nitrogens is 2. The highest BCUT2D eigenvalue weighted by molar-refractivity contribution is 5.91. The summed E-state index contributed by atoms with van der Waals surface area (Å²) in [6.07, 6.45) is 18.5. The smallest absolute Gasteiger partial charge is 0.222 e. The molecular weight excluding hydrogens is 346 g/mol. The topological polar surface area (TPSA) is 90.2 Å². The number of rotatable bonds is 2. The zero-order valence-corrected chi connectivity index (χ0v) is 15.6. The van der Waals surface area contributed by atoms with Crippen molar-refractivity contribution in [1.82, 2.24) is 9.97 Å². The fourth-order valence-electron chi connectivity index (χ4n) is 4.48. The van der Waals surface area contributed by atoms with Crippen LogP contribution >= 0.6 is 0 Å². The SMILES string of the molecule is Nc1nc(N)c2cc(CC3C=CCC4=NC5C=CC=CC5=CCC43)ccc2n1. The minimum atomic E-state index is 0.181. The van der Waals surface area contributed by atoms with Crippen molar-refractivity contribution < 1.29 is 0 Å². The van der Waals surface area contributed by atoms with Gasteiger partial charge in [-0.3, -0.25) is 4.99 Å². The molecule has 1 aromatic heterocycles. The summed E-state index contributed by atoms with van der Waals surface area (Å²) < 4.78 is 0. The molecule has 0 saturated carbocycles. The van der Waals surface area contributed by atoms with E-state index in [1.165, 1.54) is 16.8 Å². The average molecular weight is 369 g/mol. The molecule has 3 aliphatic rings. The van der Waals surface area contributed by atoms with E-state index < -0.39 is 0 Å². The van der Waals surface area contributed by atoms with Crippen LogP contribution in [0.2, 0.25) is 0 Å². The van der Waals surface area contributed by atoms with Crippen molar-refractivity contribution in [1.29, 1.82) is 0 Å². The molecule has 1 aliphatic heterocycles. The van der Waals surface area contributed by atoms with Crippen LogP contribution in [0, 0.1) is 11.8 Å². The summed E-state index contributed by atoms with van der Waals surface area (Å²) in [5.41, 5.74) is 16.4. The van der Waals surface area contributed by atoms with Crippen LogP contribution in [-0.4, -0.2) is 21.7 Å². The van der Waals surface area contributed by atoms with Gasteiger partial charge in [-0.15, -0.1) is 0 Å². The first-order valence-corrected chi connectivity index (χ1v) is 9.77. The number of anilines is 2. The fraction of sp³-hybridized carbons (Fsp3) is 0.261. The van der Waals surface area contributed by atoms with Crippen molar-refractivity contribution in [3.63, 3.8) is 0 Å². The number of fused-ring (bicyclic) bond motifs is 3. The molecule has 5 heteroatoms. The van der Waals surface area contributed by atoms with E-state index in [9.17, 15) is 0 Å². The molecule has 3 atom stereocenters. The van der Waals surface area contributed by atoms with Gasteiger partial charge in [0.05, 0.1) is 11.6 Å². The second-order valence-corrected chi connectivity index (χ2v) is 7.67. The van der Waals surface area contributed by atoms with E-state index in [1.54, 1.807) is 0 Å². The lowest BCUT2D eigenvalue weighted by molar-refractivity contribution is 0.491. The highest BCUT2D eigenvalue weighted by Gasteiger charge is 2.29. The molecule has 5 rings (SSSR count). The first-order valence-electron chi connectivity index (χ1n) is 9.77. The molecule has 0 bridgehead atoms. The molecule has 0 amide bonds. The monoisotopic (exact) mass is 369 g/mol. The van der Waals surface area contributed by atoms with E-state index in [0.29, 0.717) is 17.7 Å². The molecule has 3 unspecified atom stereocenters. The van der Waals surface area contributed by atoms with Gasteiger partial charge < -0.3 is 11.5 Å². The van der Waals surface area contributed by atoms with Gasteiger partial charge in [-0.25, -0.2) is 4.98 Å². The zero-order chi connectivity index (χ0) is 19.1. The second-order valence-electron chi connectivity index (χ2n) is 7.67. The maximum atomic E-state index is 6.07. The summed E-state index contributed by atoms with van der Waals surface area (Å²) >= 11 is 0. The van der Waals surface area contributed by atoms with Crippen LogP contribution < -0.4 is 11.5 Å². The Bertz CT molecular complexity index is 1090. The third-order valence-corrected chi connectivity index (χ3v) is 5.88. The summed E-state index contributed by atoms with van der Waals surface area (Å²) in [5.74, 6) is 1.52. The number of hydrogen-bond donors (Lipinski definition) is 2. The molecule has 2 aliphatic carbocycles. The Morgan fingerprint density at radius 3 is 2.93 bits per heavy atom. The van der Waals surface area contributed by atoms with Crippen LogP contribution in [0.25, 0.3) is 10.9 Å². The van der Waals surface area contributed by atoms with Gasteiger partial charge >= 0.3 is 0 Å². The molecule has 140 valence electrons. The van der Waals surface area contributed by atoms with Gasteiger partial charge in [0, 0.05) is 23.4 Å². The largest absolute Gasteiger partial charge is 0.383 e. The summed E-state index contributed by atoms with van der Waals surface area (Å²) in [7, 11) is 0. The molecule has 4 N–H and O–H groups in total. The Kier molecular flexibility index (Phi) is 4.08. The maximum Gasteiger partial charge on any atom is 0.222 e. The Morgan fingerprint density at radius 2 is 2.00 bits per heavy atom. The Balaban J connectivity index is 1.45. The zero-order valence-electron chi connectivity index (χ0n) is 15.6. The van der Waals surface area contributed by atoms with Crippen LogP contribution in [0.1, 0.15) is 18.4 Å². The molecule has 0 radical (unpaired) electrons. The number of hydrogen-bond acceptors (Lipinski definition) is 5. The van der Waals surface area contributed by atoms with Crippen molar-refractivity contribution >= 4 is 28.4 Å². The molecular formula is C23H23N5. The lowest BCUT2D eigenvalue weighted by Crippen LogP contribution is -2.27. The molecule has 2 aromatic rings. The van der Waals surface area contributed by atoms with Gasteiger partial charge in [0.1, 0.15) is 5.82 Å². The van der Waals surface area contributed by atoms with E-state index >= 15 is 0 Å². The lowest BCUT2D eigenvalue weighted by Gasteiger charge is -2.28. The highest BCUT2D eigenvalue weighted by Crippen LogP contribution is 2.34. The third kappa shape index (κ3) is 3.03. The third-order valence-electron chi connectivity index (χ3n) is 5.88. The van der Waals surface area contributed by atoms with E-state index in [-0.39, 0.29) is 12.0 Å². The minimum Gasteiger partial charge on any atom is -0.383 e. The summed E-state index contributed by atoms with van der Waals surface area (Å²) in [6, 6.07) is 6.39. The van der Waals surface area contributed by atoms with Crippen LogP contribution in [-0.2, 0) is 6.42 Å². The predicted octanol–water partition coefficient (Wildman–Crippen LogP) is 3.79. The van der Waals surface area contributed by atoms with Gasteiger partial charge in [-0.2, -0.15) is 4.98 Å². The number of nitrogens with zero attached hydrogens (tertiary/aromatic N) is 3. The molecule has 0 saturated heterocycles. The number of nitrogen functional groups attached to an aromatic ring is 2. The highest BCUT2D eigenvalue weighted by atomic mass is 15.0. The predicted molar refractivity (Wildman–Crippen MR) is 115 cm³/mol. The summed E-state index contributed by atoms with van der Waals surface area (Å²) in [5, 5.41) is 0.865. The van der Waals surface area contributed by atoms with Crippen molar-refractivity contribution in [2.45, 2.75) is 25.3 Å². The maximum absolute atomic E-state index is 6.07. The van der Waals surface area contributed by atoms with E-state index in [4.69, 9.17) is 16.5 Å². The normalized spacial score (nSPS) is 25.6. The van der Waals surface area contributed by atoms with E-state index in [1.807, 2.05) is 6.07 Å². The van der Waals surface area contributed by atoms with Gasteiger partial charge in [0.25, 0.3) is 0 Å². The molecule has 28 heavy (non-hydrogen) atoms. The van der Waals surface area contributed by atoms with E-state index in [2.05, 4.69) is 64.6 Å². The van der Waals surface area contributed by atoms with Gasteiger partial charge in [0.15, 0.2) is 0 Å². The second kappa shape index (κ2) is 6.75. The molecule has 0 spiro atoms. The lowest BCUT2D eigenvalue weighted by atomic mass is 9.77. The average Bonchev–Trinajstić information content (AvgIpc) is 2.88. The summed E-state index contributed by atoms with van der Waals surface area (Å²) in [6.45, 7) is 0. The molecule has 0 fully saturated rings. The number of aliphatic imine (C=N–C) groups is 1. The van der Waals surface area contributed by atoms with Crippen molar-refractivity contribution in [3.8, 4) is 0 Å². The standard InChI is InChI=1S/C23H23N5/c24-22-18-13-14(8-11-21(18)27-23(25)28-22)12-16-5-3-7-20-17(16)10-9-15-4-1-2-6-19(15)26-20/h1-6,8-9,11,13,16-17,19H,7,10,12H2,(H4,24,25,27,28). The first kappa shape index (κ1) is 16.9. The molecule has 1 aromatic carbocycles. The molecule has 5 nitrogen and oxygen atoms in total. The van der Waals surface area contributed by atoms with Crippen LogP contribution in [0.5, 0.6) is 0 Å². The number of benzene rings is 1. The van der Waals surface area contributed by atoms with Gasteiger partial charge in [-0.1, -0.05) is 48.6 Å². The minimum absolute atomic E-state index is 0.181. The summed E-state index contributed by atoms with van der Waals surface area (Å²) in [4.78, 5) is 13.5. The van der Waals surface area contributed by atoms with Crippen molar-refractivity contribution in [3.05, 3.63) is 71.9 Å². The van der Waals surface area contributed by atoms with Crippen LogP contribution in [0.15, 0.2) is 71.3 Å². The van der Waals surface area contributed by atoms with Crippen LogP contribution in [0.3, 0.4) is 0 Å². The Morgan fingerprint density at radius 1 is 1.07 bits per heavy atom. The number of nitrogens with two attached hydrogens (primary N) is 2. The fourth-order valence-corrected chi connectivity index (χ4v) is 4.48. The Labute approximate surface area is 164 Å². The van der Waals surface area contributed by atoms with Gasteiger partial charge in [0.2, 0.25) is 5.95 Å². The van der Waals surface area contributed by atoms with Gasteiger partial charge in [-0.05, 0) is 42.0 Å². The Hall–Kier alpha value is -3.21. The van der Waals surface area contributed by atoms with Crippen molar-refractivity contribution in [2.75, 3.05) is 11.5 Å². The first-order chi connectivity index (χ1) is 13.7. The quantitative estimate of drug-likeness (QED) is 0.788. The number of allylic oxidation sites excluding steroid dienone is 5. The van der Waals surface area contributed by atoms with Crippen molar-refractivity contribution in [2.24, 2.45) is 16.8 Å². The van der Waals surface area contributed by atoms with E-state index in [0.717, 1.165) is 30.2 Å². The van der Waals surface area contributed by atoms with Crippen LogP contribution in [0.4, 0.5) is 11.8 Å².